The Kier molecular flexibility index (Phi) is 6.89. The van der Waals surface area contributed by atoms with Crippen LogP contribution in [0, 0.1) is 52.7 Å². The van der Waals surface area contributed by atoms with Gasteiger partial charge in [0.05, 0.1) is 10.5 Å². The first-order valence-corrected chi connectivity index (χ1v) is 9.74. The van der Waals surface area contributed by atoms with Crippen LogP contribution in [-0.4, -0.2) is 6.36 Å². The van der Waals surface area contributed by atoms with Gasteiger partial charge in [0.25, 0.3) is 0 Å². The van der Waals surface area contributed by atoms with Crippen LogP contribution >= 0.6 is 11.8 Å². The van der Waals surface area contributed by atoms with Gasteiger partial charge in [0.1, 0.15) is 11.2 Å². The molecule has 0 saturated heterocycles. The fourth-order valence-electron chi connectivity index (χ4n) is 2.84. The number of rotatable bonds is 3. The molecule has 0 radical (unpaired) electrons. The SMILES string of the molecule is Cc1cc(-c2c(F)c(F)c(SC#N)c(F)c2F)ccc1C#Cc1ccc(OC(F)(F)F)cc1. The number of hydrogen-bond acceptors (Lipinski definition) is 3. The zero-order chi connectivity index (χ0) is 24.3. The van der Waals surface area contributed by atoms with Crippen LogP contribution in [-0.2, 0) is 0 Å². The summed E-state index contributed by atoms with van der Waals surface area (Å²) in [7, 11) is 0. The number of thiocyanates is 1. The fourth-order valence-corrected chi connectivity index (χ4v) is 3.29. The van der Waals surface area contributed by atoms with E-state index in [4.69, 9.17) is 5.26 Å². The van der Waals surface area contributed by atoms with Crippen molar-refractivity contribution in [2.75, 3.05) is 0 Å². The van der Waals surface area contributed by atoms with Crippen molar-refractivity contribution in [3.05, 3.63) is 82.4 Å². The number of halogens is 7. The van der Waals surface area contributed by atoms with Crippen LogP contribution in [0.25, 0.3) is 11.1 Å². The topological polar surface area (TPSA) is 33.0 Å². The molecule has 0 fully saturated rings. The Hall–Kier alpha value is -3.63. The molecule has 0 amide bonds. The van der Waals surface area contributed by atoms with Crippen molar-refractivity contribution in [2.45, 2.75) is 18.2 Å². The van der Waals surface area contributed by atoms with E-state index < -0.39 is 45.8 Å². The van der Waals surface area contributed by atoms with Crippen LogP contribution < -0.4 is 4.74 Å². The van der Waals surface area contributed by atoms with E-state index in [1.807, 2.05) is 0 Å². The summed E-state index contributed by atoms with van der Waals surface area (Å²) in [6, 6.07) is 8.69. The van der Waals surface area contributed by atoms with Gasteiger partial charge in [0, 0.05) is 11.1 Å². The largest absolute Gasteiger partial charge is 0.573 e. The predicted molar refractivity (Wildman–Crippen MR) is 107 cm³/mol. The Labute approximate surface area is 187 Å². The molecule has 0 aliphatic heterocycles. The highest BCUT2D eigenvalue weighted by molar-refractivity contribution is 8.03. The van der Waals surface area contributed by atoms with E-state index in [0.717, 1.165) is 12.1 Å². The number of benzene rings is 3. The summed E-state index contributed by atoms with van der Waals surface area (Å²) < 4.78 is 97.5. The van der Waals surface area contributed by atoms with Crippen molar-refractivity contribution < 1.29 is 35.5 Å². The molecule has 0 aliphatic rings. The van der Waals surface area contributed by atoms with Crippen LogP contribution in [0.3, 0.4) is 0 Å². The van der Waals surface area contributed by atoms with Gasteiger partial charge in [-0.15, -0.1) is 13.2 Å². The normalized spacial score (nSPS) is 10.9. The van der Waals surface area contributed by atoms with Gasteiger partial charge in [-0.2, -0.15) is 5.26 Å². The first-order chi connectivity index (χ1) is 15.5. The molecule has 2 nitrogen and oxygen atoms in total. The Morgan fingerprint density at radius 2 is 1.45 bits per heavy atom. The lowest BCUT2D eigenvalue weighted by molar-refractivity contribution is -0.274. The molecule has 0 unspecified atom stereocenters. The van der Waals surface area contributed by atoms with Crippen LogP contribution in [0.2, 0.25) is 0 Å². The summed E-state index contributed by atoms with van der Waals surface area (Å²) >= 11 is -0.0320. The molecule has 0 spiro atoms. The maximum absolute atomic E-state index is 14.4. The molecule has 3 aromatic carbocycles. The lowest BCUT2D eigenvalue weighted by atomic mass is 9.98. The van der Waals surface area contributed by atoms with Gasteiger partial charge >= 0.3 is 6.36 Å². The quantitative estimate of drug-likeness (QED) is 0.132. The zero-order valence-corrected chi connectivity index (χ0v) is 17.3. The zero-order valence-electron chi connectivity index (χ0n) is 16.5. The third-order valence-electron chi connectivity index (χ3n) is 4.32. The summed E-state index contributed by atoms with van der Waals surface area (Å²) in [4.78, 5) is -1.07. The van der Waals surface area contributed by atoms with E-state index in [0.29, 0.717) is 16.7 Å². The van der Waals surface area contributed by atoms with Crippen molar-refractivity contribution >= 4 is 11.8 Å². The van der Waals surface area contributed by atoms with E-state index in [1.54, 1.807) is 6.92 Å². The minimum atomic E-state index is -4.81. The molecule has 3 rings (SSSR count). The number of nitrogens with zero attached hydrogens (tertiary/aromatic N) is 1. The maximum Gasteiger partial charge on any atom is 0.573 e. The minimum absolute atomic E-state index is 0.0320. The Balaban J connectivity index is 1.92. The maximum atomic E-state index is 14.4. The van der Waals surface area contributed by atoms with E-state index >= 15 is 0 Å². The van der Waals surface area contributed by atoms with Crippen LogP contribution in [0.15, 0.2) is 47.4 Å². The summed E-state index contributed by atoms with van der Waals surface area (Å²) in [5, 5.41) is 9.93. The Morgan fingerprint density at radius 3 is 1.97 bits per heavy atom. The average molecular weight is 481 g/mol. The average Bonchev–Trinajstić information content (AvgIpc) is 2.75. The molecule has 0 aliphatic carbocycles. The second-order valence-electron chi connectivity index (χ2n) is 6.51. The van der Waals surface area contributed by atoms with Gasteiger partial charge < -0.3 is 4.74 Å². The summed E-state index contributed by atoms with van der Waals surface area (Å²) in [6.07, 6.45) is -4.81. The fraction of sp³-hybridized carbons (Fsp3) is 0.0870. The van der Waals surface area contributed by atoms with Crippen molar-refractivity contribution in [2.24, 2.45) is 0 Å². The van der Waals surface area contributed by atoms with Crippen LogP contribution in [0.1, 0.15) is 16.7 Å². The van der Waals surface area contributed by atoms with E-state index in [-0.39, 0.29) is 17.3 Å². The van der Waals surface area contributed by atoms with Gasteiger partial charge in [-0.25, -0.2) is 17.6 Å². The monoisotopic (exact) mass is 481 g/mol. The Bertz CT molecular complexity index is 1290. The molecular formula is C23H10F7NOS. The van der Waals surface area contributed by atoms with Crippen LogP contribution in [0.4, 0.5) is 30.7 Å². The number of nitriles is 1. The molecular weight excluding hydrogens is 471 g/mol. The first kappa shape index (κ1) is 24.0. The second-order valence-corrected chi connectivity index (χ2v) is 7.30. The Morgan fingerprint density at radius 1 is 0.848 bits per heavy atom. The van der Waals surface area contributed by atoms with Crippen LogP contribution in [0.5, 0.6) is 5.75 Å². The van der Waals surface area contributed by atoms with Crippen molar-refractivity contribution in [3.8, 4) is 34.1 Å². The van der Waals surface area contributed by atoms with Gasteiger partial charge in [0.15, 0.2) is 23.3 Å². The van der Waals surface area contributed by atoms with Gasteiger partial charge in [-0.3, -0.25) is 0 Å². The third-order valence-corrected chi connectivity index (χ3v) is 4.97. The first-order valence-electron chi connectivity index (χ1n) is 8.92. The minimum Gasteiger partial charge on any atom is -0.406 e. The highest BCUT2D eigenvalue weighted by atomic mass is 32.2. The second kappa shape index (κ2) is 9.47. The highest BCUT2D eigenvalue weighted by Gasteiger charge is 2.31. The van der Waals surface area contributed by atoms with Gasteiger partial charge in [-0.1, -0.05) is 17.9 Å². The van der Waals surface area contributed by atoms with E-state index in [1.165, 1.54) is 35.7 Å². The molecule has 0 saturated carbocycles. The molecule has 0 aromatic heterocycles. The molecule has 0 atom stereocenters. The number of aryl methyl sites for hydroxylation is 1. The van der Waals surface area contributed by atoms with Crippen molar-refractivity contribution in [1.82, 2.24) is 0 Å². The standard InChI is InChI=1S/C23H10F7NOS/c1-12-10-15(17-18(24)20(26)22(33-11-31)21(27)19(17)25)7-6-14(12)5-2-13-3-8-16(9-4-13)32-23(28,29)30/h3-4,6-10H,1H3. The van der Waals surface area contributed by atoms with Gasteiger partial charge in [0.2, 0.25) is 0 Å². The smallest absolute Gasteiger partial charge is 0.406 e. The van der Waals surface area contributed by atoms with Gasteiger partial charge in [-0.05, 0) is 66.2 Å². The molecule has 33 heavy (non-hydrogen) atoms. The summed E-state index contributed by atoms with van der Waals surface area (Å²) in [5.41, 5.74) is 0.142. The predicted octanol–water partition coefficient (Wildman–Crippen LogP) is 7.09. The lowest BCUT2D eigenvalue weighted by Gasteiger charge is -2.11. The molecule has 3 aromatic rings. The summed E-state index contributed by atoms with van der Waals surface area (Å²) in [5.74, 6) is -1.52. The highest BCUT2D eigenvalue weighted by Crippen LogP contribution is 2.36. The van der Waals surface area contributed by atoms with Crippen molar-refractivity contribution in [1.29, 1.82) is 5.26 Å². The number of hydrogen-bond donors (Lipinski definition) is 0. The molecule has 0 N–H and O–H groups in total. The van der Waals surface area contributed by atoms with E-state index in [9.17, 15) is 30.7 Å². The third kappa shape index (κ3) is 5.41. The lowest BCUT2D eigenvalue weighted by Crippen LogP contribution is -2.16. The number of ether oxygens (including phenoxy) is 1. The molecule has 10 heteroatoms. The van der Waals surface area contributed by atoms with E-state index in [2.05, 4.69) is 16.6 Å². The number of thioether (sulfide) groups is 1. The molecule has 0 heterocycles. The molecule has 0 bridgehead atoms. The summed E-state index contributed by atoms with van der Waals surface area (Å²) in [6.45, 7) is 1.55. The number of alkyl halides is 3. The van der Waals surface area contributed by atoms with Crippen molar-refractivity contribution in [3.63, 3.8) is 0 Å². The molecule has 168 valence electrons.